The van der Waals surface area contributed by atoms with E-state index in [9.17, 15) is 9.59 Å². The lowest BCUT2D eigenvalue weighted by Gasteiger charge is -2.16. The maximum Gasteiger partial charge on any atom is 0.305 e. The van der Waals surface area contributed by atoms with E-state index in [-0.39, 0.29) is 24.9 Å². The van der Waals surface area contributed by atoms with Gasteiger partial charge in [0.25, 0.3) is 0 Å². The van der Waals surface area contributed by atoms with Crippen molar-refractivity contribution in [3.05, 3.63) is 0 Å². The highest BCUT2D eigenvalue weighted by molar-refractivity contribution is 5.79. The molecule has 1 rings (SSSR count). The minimum Gasteiger partial charge on any atom is -0.481 e. The SMILES string of the molecule is COCCNCC(=O)NC(CC(=O)O)C1CC1. The molecule has 0 saturated heterocycles. The first-order chi connectivity index (χ1) is 8.13. The maximum atomic E-state index is 11.5. The molecule has 0 heterocycles. The number of carboxylic acid groups (broad SMARTS) is 1. The van der Waals surface area contributed by atoms with Crippen molar-refractivity contribution in [1.82, 2.24) is 10.6 Å². The molecule has 17 heavy (non-hydrogen) atoms. The van der Waals surface area contributed by atoms with Gasteiger partial charge in [-0.3, -0.25) is 9.59 Å². The third-order valence-electron chi connectivity index (χ3n) is 2.70. The van der Waals surface area contributed by atoms with Crippen LogP contribution in [0, 0.1) is 5.92 Å². The number of ether oxygens (including phenoxy) is 1. The average Bonchev–Trinajstić information content (AvgIpc) is 3.06. The Morgan fingerprint density at radius 3 is 2.71 bits per heavy atom. The number of amides is 1. The van der Waals surface area contributed by atoms with Crippen LogP contribution in [-0.2, 0) is 14.3 Å². The first-order valence-electron chi connectivity index (χ1n) is 5.84. The summed E-state index contributed by atoms with van der Waals surface area (Å²) in [5.41, 5.74) is 0. The van der Waals surface area contributed by atoms with Crippen molar-refractivity contribution < 1.29 is 19.4 Å². The molecular weight excluding hydrogens is 224 g/mol. The number of rotatable bonds is 9. The number of hydrogen-bond donors (Lipinski definition) is 3. The maximum absolute atomic E-state index is 11.5. The number of hydrogen-bond acceptors (Lipinski definition) is 4. The van der Waals surface area contributed by atoms with Crippen LogP contribution in [0.5, 0.6) is 0 Å². The zero-order valence-electron chi connectivity index (χ0n) is 10.1. The Morgan fingerprint density at radius 2 is 2.18 bits per heavy atom. The fraction of sp³-hybridized carbons (Fsp3) is 0.818. The summed E-state index contributed by atoms with van der Waals surface area (Å²) in [5.74, 6) is -0.678. The Labute approximate surface area is 101 Å². The van der Waals surface area contributed by atoms with Crippen LogP contribution in [0.25, 0.3) is 0 Å². The number of aliphatic carboxylic acids is 1. The molecule has 6 nitrogen and oxygen atoms in total. The molecular formula is C11H20N2O4. The quantitative estimate of drug-likeness (QED) is 0.480. The Balaban J connectivity index is 2.19. The lowest BCUT2D eigenvalue weighted by molar-refractivity contribution is -0.137. The average molecular weight is 244 g/mol. The van der Waals surface area contributed by atoms with Crippen molar-refractivity contribution in [2.75, 3.05) is 26.8 Å². The van der Waals surface area contributed by atoms with E-state index >= 15 is 0 Å². The third-order valence-corrected chi connectivity index (χ3v) is 2.70. The summed E-state index contributed by atoms with van der Waals surface area (Å²) in [6, 6.07) is -0.218. The Kier molecular flexibility index (Phi) is 5.93. The Morgan fingerprint density at radius 1 is 1.47 bits per heavy atom. The van der Waals surface area contributed by atoms with Crippen molar-refractivity contribution in [2.24, 2.45) is 5.92 Å². The number of carbonyl (C=O) groups excluding carboxylic acids is 1. The van der Waals surface area contributed by atoms with Gasteiger partial charge in [-0.2, -0.15) is 0 Å². The topological polar surface area (TPSA) is 87.7 Å². The smallest absolute Gasteiger partial charge is 0.305 e. The van der Waals surface area contributed by atoms with Crippen LogP contribution in [0.3, 0.4) is 0 Å². The van der Waals surface area contributed by atoms with Gasteiger partial charge in [0.05, 0.1) is 19.6 Å². The van der Waals surface area contributed by atoms with E-state index in [4.69, 9.17) is 9.84 Å². The zero-order valence-corrected chi connectivity index (χ0v) is 10.1. The molecule has 0 spiro atoms. The van der Waals surface area contributed by atoms with E-state index in [1.807, 2.05) is 0 Å². The third kappa shape index (κ3) is 6.23. The highest BCUT2D eigenvalue weighted by Gasteiger charge is 2.33. The summed E-state index contributed by atoms with van der Waals surface area (Å²) in [6.45, 7) is 1.36. The predicted molar refractivity (Wildman–Crippen MR) is 61.7 cm³/mol. The minimum absolute atomic E-state index is 0.00841. The van der Waals surface area contributed by atoms with Gasteiger partial charge in [0.1, 0.15) is 0 Å². The van der Waals surface area contributed by atoms with E-state index in [0.717, 1.165) is 12.8 Å². The standard InChI is InChI=1S/C11H20N2O4/c1-17-5-4-12-7-10(14)13-9(6-11(15)16)8-2-3-8/h8-9,12H,2-7H2,1H3,(H,13,14)(H,15,16). The van der Waals surface area contributed by atoms with Crippen LogP contribution >= 0.6 is 0 Å². The summed E-state index contributed by atoms with van der Waals surface area (Å²) in [4.78, 5) is 22.2. The molecule has 0 aromatic carbocycles. The summed E-state index contributed by atoms with van der Waals surface area (Å²) < 4.78 is 4.83. The Bertz CT molecular complexity index is 266. The molecule has 1 atom stereocenters. The van der Waals surface area contributed by atoms with Crippen molar-refractivity contribution in [3.63, 3.8) is 0 Å². The van der Waals surface area contributed by atoms with Gasteiger partial charge >= 0.3 is 5.97 Å². The van der Waals surface area contributed by atoms with Crippen molar-refractivity contribution >= 4 is 11.9 Å². The molecule has 98 valence electrons. The van der Waals surface area contributed by atoms with E-state index in [1.165, 1.54) is 0 Å². The summed E-state index contributed by atoms with van der Waals surface area (Å²) in [5, 5.41) is 14.4. The second-order valence-electron chi connectivity index (χ2n) is 4.28. The van der Waals surface area contributed by atoms with Gasteiger partial charge in [-0.15, -0.1) is 0 Å². The molecule has 1 aliphatic carbocycles. The zero-order chi connectivity index (χ0) is 12.7. The summed E-state index contributed by atoms with van der Waals surface area (Å²) in [7, 11) is 1.59. The van der Waals surface area contributed by atoms with Gasteiger partial charge in [0, 0.05) is 19.7 Å². The predicted octanol–water partition coefficient (Wildman–Crippen LogP) is -0.408. The fourth-order valence-corrected chi connectivity index (χ4v) is 1.66. The van der Waals surface area contributed by atoms with Gasteiger partial charge in [0.2, 0.25) is 5.91 Å². The van der Waals surface area contributed by atoms with Gasteiger partial charge < -0.3 is 20.5 Å². The highest BCUT2D eigenvalue weighted by atomic mass is 16.5. The summed E-state index contributed by atoms with van der Waals surface area (Å²) >= 11 is 0. The molecule has 1 aliphatic rings. The monoisotopic (exact) mass is 244 g/mol. The van der Waals surface area contributed by atoms with E-state index in [1.54, 1.807) is 7.11 Å². The van der Waals surface area contributed by atoms with Crippen LogP contribution in [0.1, 0.15) is 19.3 Å². The van der Waals surface area contributed by atoms with Crippen molar-refractivity contribution in [1.29, 1.82) is 0 Å². The lowest BCUT2D eigenvalue weighted by atomic mass is 10.1. The summed E-state index contributed by atoms with van der Waals surface area (Å²) in [6.07, 6.45) is 2.03. The second-order valence-corrected chi connectivity index (χ2v) is 4.28. The number of nitrogens with one attached hydrogen (secondary N) is 2. The molecule has 1 saturated carbocycles. The van der Waals surface area contributed by atoms with E-state index < -0.39 is 5.97 Å². The molecule has 0 aliphatic heterocycles. The molecule has 1 fully saturated rings. The molecule has 1 amide bonds. The van der Waals surface area contributed by atoms with Crippen molar-refractivity contribution in [2.45, 2.75) is 25.3 Å². The molecule has 0 aromatic rings. The van der Waals surface area contributed by atoms with Gasteiger partial charge in [-0.05, 0) is 18.8 Å². The van der Waals surface area contributed by atoms with Crippen LogP contribution in [-0.4, -0.2) is 49.8 Å². The van der Waals surface area contributed by atoms with Crippen LogP contribution in [0.2, 0.25) is 0 Å². The number of carboxylic acids is 1. The minimum atomic E-state index is -0.866. The second kappa shape index (κ2) is 7.24. The lowest BCUT2D eigenvalue weighted by Crippen LogP contribution is -2.43. The van der Waals surface area contributed by atoms with E-state index in [2.05, 4.69) is 10.6 Å². The van der Waals surface area contributed by atoms with Crippen LogP contribution in [0.4, 0.5) is 0 Å². The first kappa shape index (κ1) is 13.9. The molecule has 0 radical (unpaired) electrons. The molecule has 1 unspecified atom stereocenters. The fourth-order valence-electron chi connectivity index (χ4n) is 1.66. The van der Waals surface area contributed by atoms with E-state index in [0.29, 0.717) is 19.1 Å². The Hall–Kier alpha value is -1.14. The molecule has 3 N–H and O–H groups in total. The van der Waals surface area contributed by atoms with Crippen molar-refractivity contribution in [3.8, 4) is 0 Å². The normalized spacial score (nSPS) is 16.5. The number of methoxy groups -OCH3 is 1. The highest BCUT2D eigenvalue weighted by Crippen LogP contribution is 2.33. The van der Waals surface area contributed by atoms with Crippen LogP contribution < -0.4 is 10.6 Å². The first-order valence-corrected chi connectivity index (χ1v) is 5.84. The molecule has 0 bridgehead atoms. The molecule has 6 heteroatoms. The molecule has 0 aromatic heterocycles. The van der Waals surface area contributed by atoms with Crippen LogP contribution in [0.15, 0.2) is 0 Å². The number of carbonyl (C=O) groups is 2. The largest absolute Gasteiger partial charge is 0.481 e. The van der Waals surface area contributed by atoms with Gasteiger partial charge in [-0.25, -0.2) is 0 Å². The van der Waals surface area contributed by atoms with Gasteiger partial charge in [0.15, 0.2) is 0 Å². The van der Waals surface area contributed by atoms with Gasteiger partial charge in [-0.1, -0.05) is 0 Å².